The minimum Gasteiger partial charge on any atom is -0.459 e. The Kier molecular flexibility index (Phi) is 7.75. The second kappa shape index (κ2) is 11.4. The lowest BCUT2D eigenvalue weighted by atomic mass is 9.94. The van der Waals surface area contributed by atoms with Crippen LogP contribution in [0.15, 0.2) is 55.5 Å². The molecule has 9 heteroatoms. The second-order valence-corrected chi connectivity index (χ2v) is 10.5. The van der Waals surface area contributed by atoms with Crippen LogP contribution in [0.1, 0.15) is 35.3 Å². The number of pyridine rings is 1. The Balaban J connectivity index is 1.62. The van der Waals surface area contributed by atoms with Crippen molar-refractivity contribution in [3.8, 4) is 22.4 Å². The third-order valence-electron chi connectivity index (χ3n) is 7.17. The first-order chi connectivity index (χ1) is 19.2. The van der Waals surface area contributed by atoms with E-state index in [9.17, 15) is 9.59 Å². The second-order valence-electron chi connectivity index (χ2n) is 10.5. The number of fused-ring (bicyclic) bond motifs is 1. The summed E-state index contributed by atoms with van der Waals surface area (Å²) in [6.45, 7) is 12.9. The number of likely N-dealkylation sites (N-methyl/N-ethyl adjacent to an activating group) is 1. The van der Waals surface area contributed by atoms with Gasteiger partial charge >= 0.3 is 5.97 Å². The van der Waals surface area contributed by atoms with Crippen LogP contribution in [-0.2, 0) is 16.0 Å². The van der Waals surface area contributed by atoms with Crippen LogP contribution in [0.3, 0.4) is 0 Å². The number of allylic oxidation sites excluding steroid dienone is 1. The van der Waals surface area contributed by atoms with E-state index in [0.717, 1.165) is 65.1 Å². The van der Waals surface area contributed by atoms with Gasteiger partial charge < -0.3 is 19.5 Å². The highest BCUT2D eigenvalue weighted by Gasteiger charge is 2.22. The first-order valence-electron chi connectivity index (χ1n) is 13.5. The molecule has 4 heterocycles. The Morgan fingerprint density at radius 1 is 1.05 bits per heavy atom. The molecule has 0 bridgehead atoms. The van der Waals surface area contributed by atoms with E-state index in [1.807, 2.05) is 51.4 Å². The number of carbonyl (C=O) groups excluding carboxylic acids is 2. The number of aromatic nitrogens is 4. The number of benzene rings is 1. The SMILES string of the molecule is C=CC(=O)Cc1cc(-c2c(-c3cnc(N4CCN(C)CC4)nc3)[nH]c3ncc(C(=O)OC(C)C)cc23)ccc1C. The van der Waals surface area contributed by atoms with Crippen molar-refractivity contribution in [2.45, 2.75) is 33.3 Å². The van der Waals surface area contributed by atoms with Crippen LogP contribution < -0.4 is 4.90 Å². The fourth-order valence-electron chi connectivity index (χ4n) is 4.88. The standard InChI is InChI=1S/C31H34N6O3/c1-6-25(38)14-22-13-21(8-7-20(22)4)27-26-15-23(30(39)40-19(2)3)16-32-29(26)35-28(27)24-17-33-31(34-18-24)37-11-9-36(5)10-12-37/h6-8,13,15-19H,1,9-12,14H2,2-5H3,(H,32,35). The monoisotopic (exact) mass is 538 g/mol. The van der Waals surface area contributed by atoms with Crippen molar-refractivity contribution in [1.82, 2.24) is 24.8 Å². The zero-order valence-electron chi connectivity index (χ0n) is 23.4. The lowest BCUT2D eigenvalue weighted by Gasteiger charge is -2.32. The third-order valence-corrected chi connectivity index (χ3v) is 7.17. The number of nitrogens with one attached hydrogen (secondary N) is 1. The molecule has 4 aromatic rings. The number of H-pyrrole nitrogens is 1. The molecule has 0 unspecified atom stereocenters. The Labute approximate surface area is 233 Å². The van der Waals surface area contributed by atoms with E-state index >= 15 is 0 Å². The minimum absolute atomic E-state index is 0.0484. The van der Waals surface area contributed by atoms with Crippen molar-refractivity contribution in [3.05, 3.63) is 72.2 Å². The largest absolute Gasteiger partial charge is 0.459 e. The molecular weight excluding hydrogens is 504 g/mol. The predicted molar refractivity (Wildman–Crippen MR) is 156 cm³/mol. The summed E-state index contributed by atoms with van der Waals surface area (Å²) in [7, 11) is 2.12. The number of rotatable bonds is 8. The molecule has 3 aromatic heterocycles. The molecular formula is C31H34N6O3. The number of nitrogens with zero attached hydrogens (tertiary/aromatic N) is 5. The van der Waals surface area contributed by atoms with Gasteiger partial charge in [0, 0.05) is 67.7 Å². The van der Waals surface area contributed by atoms with Crippen molar-refractivity contribution < 1.29 is 14.3 Å². The van der Waals surface area contributed by atoms with Gasteiger partial charge in [-0.15, -0.1) is 0 Å². The molecule has 206 valence electrons. The van der Waals surface area contributed by atoms with Gasteiger partial charge in [0.25, 0.3) is 0 Å². The van der Waals surface area contributed by atoms with Crippen LogP contribution in [0.25, 0.3) is 33.4 Å². The van der Waals surface area contributed by atoms with Crippen LogP contribution in [0.5, 0.6) is 0 Å². The summed E-state index contributed by atoms with van der Waals surface area (Å²) < 4.78 is 5.43. The summed E-state index contributed by atoms with van der Waals surface area (Å²) in [4.78, 5) is 46.8. The van der Waals surface area contributed by atoms with Gasteiger partial charge in [0.05, 0.1) is 17.4 Å². The van der Waals surface area contributed by atoms with E-state index in [2.05, 4.69) is 33.4 Å². The van der Waals surface area contributed by atoms with Crippen LogP contribution in [0.4, 0.5) is 5.95 Å². The van der Waals surface area contributed by atoms with Gasteiger partial charge in [-0.3, -0.25) is 4.79 Å². The van der Waals surface area contributed by atoms with E-state index in [0.29, 0.717) is 17.2 Å². The minimum atomic E-state index is -0.431. The summed E-state index contributed by atoms with van der Waals surface area (Å²) in [6, 6.07) is 7.83. The maximum absolute atomic E-state index is 12.7. The number of ether oxygens (including phenoxy) is 1. The van der Waals surface area contributed by atoms with Crippen LogP contribution in [0.2, 0.25) is 0 Å². The summed E-state index contributed by atoms with van der Waals surface area (Å²) in [6.07, 6.45) is 6.51. The number of hydrogen-bond donors (Lipinski definition) is 1. The van der Waals surface area contributed by atoms with Crippen molar-refractivity contribution in [3.63, 3.8) is 0 Å². The van der Waals surface area contributed by atoms with Gasteiger partial charge in [-0.2, -0.15) is 0 Å². The zero-order valence-corrected chi connectivity index (χ0v) is 23.4. The lowest BCUT2D eigenvalue weighted by molar-refractivity contribution is -0.114. The molecule has 1 aromatic carbocycles. The van der Waals surface area contributed by atoms with Gasteiger partial charge in [-0.05, 0) is 56.7 Å². The maximum atomic E-state index is 12.7. The van der Waals surface area contributed by atoms with Crippen molar-refractivity contribution in [1.29, 1.82) is 0 Å². The molecule has 5 rings (SSSR count). The molecule has 1 fully saturated rings. The molecule has 0 aliphatic carbocycles. The number of esters is 1. The van der Waals surface area contributed by atoms with Crippen LogP contribution in [0, 0.1) is 6.92 Å². The topological polar surface area (TPSA) is 104 Å². The summed E-state index contributed by atoms with van der Waals surface area (Å²) in [5.74, 6) is 0.221. The predicted octanol–water partition coefficient (Wildman–Crippen LogP) is 4.61. The highest BCUT2D eigenvalue weighted by molar-refractivity contribution is 6.05. The molecule has 1 saturated heterocycles. The lowest BCUT2D eigenvalue weighted by Crippen LogP contribution is -2.45. The average molecular weight is 539 g/mol. The van der Waals surface area contributed by atoms with Gasteiger partial charge in [0.15, 0.2) is 5.78 Å². The van der Waals surface area contributed by atoms with E-state index in [4.69, 9.17) is 14.7 Å². The van der Waals surface area contributed by atoms with E-state index in [-0.39, 0.29) is 18.3 Å². The number of carbonyl (C=O) groups is 2. The van der Waals surface area contributed by atoms with Crippen molar-refractivity contribution >= 4 is 28.7 Å². The van der Waals surface area contributed by atoms with E-state index in [1.165, 1.54) is 12.3 Å². The number of piperazine rings is 1. The Bertz CT molecular complexity index is 1570. The Morgan fingerprint density at radius 3 is 2.45 bits per heavy atom. The Hall–Kier alpha value is -4.37. The maximum Gasteiger partial charge on any atom is 0.339 e. The highest BCUT2D eigenvalue weighted by atomic mass is 16.5. The van der Waals surface area contributed by atoms with Gasteiger partial charge in [-0.25, -0.2) is 19.7 Å². The zero-order chi connectivity index (χ0) is 28.4. The van der Waals surface area contributed by atoms with E-state index in [1.54, 1.807) is 6.07 Å². The number of aryl methyl sites for hydroxylation is 1. The molecule has 0 amide bonds. The molecule has 0 atom stereocenters. The third kappa shape index (κ3) is 5.65. The number of aromatic amines is 1. The molecule has 0 spiro atoms. The first-order valence-corrected chi connectivity index (χ1v) is 13.5. The fraction of sp³-hybridized carbons (Fsp3) is 0.323. The van der Waals surface area contributed by atoms with Gasteiger partial charge in [-0.1, -0.05) is 24.8 Å². The highest BCUT2D eigenvalue weighted by Crippen LogP contribution is 2.39. The van der Waals surface area contributed by atoms with Crippen LogP contribution in [-0.4, -0.2) is 75.9 Å². The summed E-state index contributed by atoms with van der Waals surface area (Å²) in [5.41, 5.74) is 6.23. The fourth-order valence-corrected chi connectivity index (χ4v) is 4.88. The van der Waals surface area contributed by atoms with Crippen LogP contribution >= 0.6 is 0 Å². The van der Waals surface area contributed by atoms with Gasteiger partial charge in [0.1, 0.15) is 5.65 Å². The number of hydrogen-bond acceptors (Lipinski definition) is 8. The average Bonchev–Trinajstić information content (AvgIpc) is 3.33. The molecule has 1 aliphatic heterocycles. The van der Waals surface area contributed by atoms with Gasteiger partial charge in [0.2, 0.25) is 5.95 Å². The molecule has 0 saturated carbocycles. The van der Waals surface area contributed by atoms with Crippen molar-refractivity contribution in [2.24, 2.45) is 0 Å². The smallest absolute Gasteiger partial charge is 0.339 e. The number of anilines is 1. The molecule has 1 N–H and O–H groups in total. The van der Waals surface area contributed by atoms with Crippen molar-refractivity contribution in [2.75, 3.05) is 38.1 Å². The number of ketones is 1. The molecule has 1 aliphatic rings. The molecule has 9 nitrogen and oxygen atoms in total. The summed E-state index contributed by atoms with van der Waals surface area (Å²) in [5, 5.41) is 0.765. The Morgan fingerprint density at radius 2 is 1.77 bits per heavy atom. The molecule has 40 heavy (non-hydrogen) atoms. The van der Waals surface area contributed by atoms with E-state index < -0.39 is 5.97 Å². The quantitative estimate of drug-likeness (QED) is 0.256. The first kappa shape index (κ1) is 27.2. The molecule has 0 radical (unpaired) electrons. The normalized spacial score (nSPS) is 14.1. The summed E-state index contributed by atoms with van der Waals surface area (Å²) >= 11 is 0.